The van der Waals surface area contributed by atoms with Gasteiger partial charge in [-0.3, -0.25) is 4.79 Å². The molecule has 6 nitrogen and oxygen atoms in total. The standard InChI is InChI=1S/C13H15N5O/c19-13(17-9-6-14-7-10-17)11-3-1-4-12(16-11)18-8-2-5-15-18/h1-5,8,14H,6-7,9-10H2. The number of pyridine rings is 1. The minimum absolute atomic E-state index is 0.0180. The second-order valence-electron chi connectivity index (χ2n) is 4.37. The smallest absolute Gasteiger partial charge is 0.272 e. The third kappa shape index (κ3) is 2.48. The zero-order valence-corrected chi connectivity index (χ0v) is 10.5. The van der Waals surface area contributed by atoms with Crippen molar-refractivity contribution >= 4 is 5.91 Å². The highest BCUT2D eigenvalue weighted by molar-refractivity contribution is 5.92. The number of rotatable bonds is 2. The molecule has 2 aromatic heterocycles. The number of nitrogens with zero attached hydrogens (tertiary/aromatic N) is 4. The average molecular weight is 257 g/mol. The molecule has 1 N–H and O–H groups in total. The molecule has 0 unspecified atom stereocenters. The summed E-state index contributed by atoms with van der Waals surface area (Å²) >= 11 is 0. The summed E-state index contributed by atoms with van der Waals surface area (Å²) in [5, 5.41) is 7.35. The van der Waals surface area contributed by atoms with Gasteiger partial charge in [0.25, 0.3) is 5.91 Å². The maximum atomic E-state index is 12.3. The third-order valence-electron chi connectivity index (χ3n) is 3.10. The summed E-state index contributed by atoms with van der Waals surface area (Å²) in [6.07, 6.45) is 3.49. The fourth-order valence-electron chi connectivity index (χ4n) is 2.10. The quantitative estimate of drug-likeness (QED) is 0.841. The van der Waals surface area contributed by atoms with Gasteiger partial charge in [-0.1, -0.05) is 6.07 Å². The Balaban J connectivity index is 1.84. The predicted molar refractivity (Wildman–Crippen MR) is 70.1 cm³/mol. The molecule has 1 aliphatic rings. The van der Waals surface area contributed by atoms with Gasteiger partial charge in [-0.15, -0.1) is 0 Å². The number of amides is 1. The molecule has 0 aliphatic carbocycles. The summed E-state index contributed by atoms with van der Waals surface area (Å²) < 4.78 is 1.65. The van der Waals surface area contributed by atoms with E-state index >= 15 is 0 Å². The lowest BCUT2D eigenvalue weighted by Crippen LogP contribution is -2.46. The molecule has 3 heterocycles. The number of carbonyl (C=O) groups is 1. The molecular formula is C13H15N5O. The first-order chi connectivity index (χ1) is 9.34. The molecule has 0 aromatic carbocycles. The highest BCUT2D eigenvalue weighted by Crippen LogP contribution is 2.07. The summed E-state index contributed by atoms with van der Waals surface area (Å²) in [4.78, 5) is 18.5. The van der Waals surface area contributed by atoms with Crippen molar-refractivity contribution in [3.8, 4) is 5.82 Å². The van der Waals surface area contributed by atoms with Crippen molar-refractivity contribution < 1.29 is 4.79 Å². The highest BCUT2D eigenvalue weighted by Gasteiger charge is 2.19. The van der Waals surface area contributed by atoms with E-state index in [0.717, 1.165) is 26.2 Å². The number of piperazine rings is 1. The summed E-state index contributed by atoms with van der Waals surface area (Å²) in [5.74, 6) is 0.640. The molecule has 0 saturated carbocycles. The van der Waals surface area contributed by atoms with E-state index in [-0.39, 0.29) is 5.91 Å². The monoisotopic (exact) mass is 257 g/mol. The Morgan fingerprint density at radius 2 is 2.05 bits per heavy atom. The Morgan fingerprint density at radius 1 is 1.21 bits per heavy atom. The van der Waals surface area contributed by atoms with Crippen LogP contribution in [0.4, 0.5) is 0 Å². The Morgan fingerprint density at radius 3 is 2.79 bits per heavy atom. The molecule has 0 atom stereocenters. The van der Waals surface area contributed by atoms with Crippen LogP contribution < -0.4 is 5.32 Å². The molecular weight excluding hydrogens is 242 g/mol. The first-order valence-corrected chi connectivity index (χ1v) is 6.32. The van der Waals surface area contributed by atoms with Crippen molar-refractivity contribution in [1.82, 2.24) is 25.0 Å². The molecule has 0 radical (unpaired) electrons. The Bertz CT molecular complexity index is 560. The zero-order chi connectivity index (χ0) is 13.1. The molecule has 1 aliphatic heterocycles. The van der Waals surface area contributed by atoms with E-state index in [0.29, 0.717) is 11.5 Å². The second-order valence-corrected chi connectivity index (χ2v) is 4.37. The van der Waals surface area contributed by atoms with E-state index in [4.69, 9.17) is 0 Å². The lowest BCUT2D eigenvalue weighted by Gasteiger charge is -2.27. The molecule has 0 bridgehead atoms. The van der Waals surface area contributed by atoms with Gasteiger partial charge in [0.1, 0.15) is 5.69 Å². The number of carbonyl (C=O) groups excluding carboxylic acids is 1. The van der Waals surface area contributed by atoms with Crippen molar-refractivity contribution in [2.75, 3.05) is 26.2 Å². The van der Waals surface area contributed by atoms with Crippen LogP contribution in [0.25, 0.3) is 5.82 Å². The van der Waals surface area contributed by atoms with Crippen LogP contribution in [0.5, 0.6) is 0 Å². The van der Waals surface area contributed by atoms with Crippen LogP contribution in [0, 0.1) is 0 Å². The minimum Gasteiger partial charge on any atom is -0.335 e. The Labute approximate surface area is 111 Å². The number of aromatic nitrogens is 3. The van der Waals surface area contributed by atoms with E-state index in [1.165, 1.54) is 0 Å². The van der Waals surface area contributed by atoms with Crippen molar-refractivity contribution in [3.63, 3.8) is 0 Å². The van der Waals surface area contributed by atoms with E-state index in [2.05, 4.69) is 15.4 Å². The fraction of sp³-hybridized carbons (Fsp3) is 0.308. The van der Waals surface area contributed by atoms with E-state index in [9.17, 15) is 4.79 Å². The number of hydrogen-bond donors (Lipinski definition) is 1. The van der Waals surface area contributed by atoms with Gasteiger partial charge in [0.2, 0.25) is 0 Å². The predicted octanol–water partition coefficient (Wildman–Crippen LogP) is 0.313. The second kappa shape index (κ2) is 5.19. The van der Waals surface area contributed by atoms with Gasteiger partial charge in [-0.05, 0) is 18.2 Å². The summed E-state index contributed by atoms with van der Waals surface area (Å²) in [6, 6.07) is 7.24. The lowest BCUT2D eigenvalue weighted by molar-refractivity contribution is 0.0730. The molecule has 3 rings (SSSR count). The third-order valence-corrected chi connectivity index (χ3v) is 3.10. The van der Waals surface area contributed by atoms with Crippen LogP contribution in [-0.4, -0.2) is 51.8 Å². The maximum absolute atomic E-state index is 12.3. The summed E-state index contributed by atoms with van der Waals surface area (Å²) in [6.45, 7) is 3.13. The van der Waals surface area contributed by atoms with Gasteiger partial charge < -0.3 is 10.2 Å². The van der Waals surface area contributed by atoms with Gasteiger partial charge in [0.15, 0.2) is 5.82 Å². The molecule has 1 amide bonds. The molecule has 2 aromatic rings. The Hall–Kier alpha value is -2.21. The van der Waals surface area contributed by atoms with Crippen LogP contribution >= 0.6 is 0 Å². The average Bonchev–Trinajstić information content (AvgIpc) is 3.02. The molecule has 6 heteroatoms. The van der Waals surface area contributed by atoms with Crippen molar-refractivity contribution in [3.05, 3.63) is 42.4 Å². The minimum atomic E-state index is -0.0180. The molecule has 1 fully saturated rings. The van der Waals surface area contributed by atoms with Crippen LogP contribution in [-0.2, 0) is 0 Å². The van der Waals surface area contributed by atoms with Crippen LogP contribution in [0.1, 0.15) is 10.5 Å². The molecule has 0 spiro atoms. The first-order valence-electron chi connectivity index (χ1n) is 6.32. The van der Waals surface area contributed by atoms with Gasteiger partial charge >= 0.3 is 0 Å². The summed E-state index contributed by atoms with van der Waals surface area (Å²) in [7, 11) is 0. The first kappa shape index (κ1) is 11.9. The molecule has 19 heavy (non-hydrogen) atoms. The van der Waals surface area contributed by atoms with Crippen molar-refractivity contribution in [2.24, 2.45) is 0 Å². The largest absolute Gasteiger partial charge is 0.335 e. The lowest BCUT2D eigenvalue weighted by atomic mass is 10.2. The van der Waals surface area contributed by atoms with Crippen LogP contribution in [0.3, 0.4) is 0 Å². The van der Waals surface area contributed by atoms with Gasteiger partial charge in [-0.25, -0.2) is 9.67 Å². The van der Waals surface area contributed by atoms with Crippen molar-refractivity contribution in [1.29, 1.82) is 0 Å². The highest BCUT2D eigenvalue weighted by atomic mass is 16.2. The van der Waals surface area contributed by atoms with Gasteiger partial charge in [0, 0.05) is 38.6 Å². The van der Waals surface area contributed by atoms with Gasteiger partial charge in [-0.2, -0.15) is 5.10 Å². The molecule has 98 valence electrons. The molecule has 1 saturated heterocycles. The maximum Gasteiger partial charge on any atom is 0.272 e. The topological polar surface area (TPSA) is 63.1 Å². The van der Waals surface area contributed by atoms with E-state index in [1.807, 2.05) is 23.1 Å². The van der Waals surface area contributed by atoms with Crippen LogP contribution in [0.15, 0.2) is 36.7 Å². The van der Waals surface area contributed by atoms with Crippen molar-refractivity contribution in [2.45, 2.75) is 0 Å². The fourth-order valence-corrected chi connectivity index (χ4v) is 2.10. The van der Waals surface area contributed by atoms with Gasteiger partial charge in [0.05, 0.1) is 0 Å². The SMILES string of the molecule is O=C(c1cccc(-n2cccn2)n1)N1CCNCC1. The zero-order valence-electron chi connectivity index (χ0n) is 10.5. The number of hydrogen-bond acceptors (Lipinski definition) is 4. The summed E-state index contributed by atoms with van der Waals surface area (Å²) in [5.41, 5.74) is 0.468. The van der Waals surface area contributed by atoms with E-state index < -0.39 is 0 Å². The van der Waals surface area contributed by atoms with E-state index in [1.54, 1.807) is 23.1 Å². The Kier molecular flexibility index (Phi) is 3.24. The van der Waals surface area contributed by atoms with Crippen LogP contribution in [0.2, 0.25) is 0 Å². The normalized spacial score (nSPS) is 15.5. The number of nitrogens with one attached hydrogen (secondary N) is 1.